The molecule has 2 aromatic carbocycles. The Morgan fingerprint density at radius 2 is 1.94 bits per heavy atom. The van der Waals surface area contributed by atoms with E-state index in [0.717, 1.165) is 12.3 Å². The first-order valence-corrected chi connectivity index (χ1v) is 10.8. The highest BCUT2D eigenvalue weighted by molar-refractivity contribution is 6.33. The van der Waals surface area contributed by atoms with Crippen LogP contribution in [0.15, 0.2) is 53.2 Å². The van der Waals surface area contributed by atoms with Crippen LogP contribution >= 0.6 is 23.2 Å². The Balaban J connectivity index is 1.77. The molecule has 0 amide bonds. The van der Waals surface area contributed by atoms with Crippen LogP contribution in [0.3, 0.4) is 0 Å². The summed E-state index contributed by atoms with van der Waals surface area (Å²) in [5.41, 5.74) is -3.33. The first-order chi connectivity index (χ1) is 17.5. The zero-order chi connectivity index (χ0) is 26.5. The second kappa shape index (κ2) is 9.27. The second-order valence-electron chi connectivity index (χ2n) is 7.51. The summed E-state index contributed by atoms with van der Waals surface area (Å²) in [7, 11) is 0. The van der Waals surface area contributed by atoms with Crippen LogP contribution in [-0.2, 0) is 22.2 Å². The van der Waals surface area contributed by atoms with Crippen molar-refractivity contribution in [2.45, 2.75) is 18.8 Å². The molecule has 1 aliphatic heterocycles. The summed E-state index contributed by atoms with van der Waals surface area (Å²) in [6.07, 6.45) is -4.83. The molecule has 2 aromatic heterocycles. The fourth-order valence-electron chi connectivity index (χ4n) is 3.48. The van der Waals surface area contributed by atoms with Gasteiger partial charge in [-0.05, 0) is 30.3 Å². The van der Waals surface area contributed by atoms with E-state index < -0.39 is 52.9 Å². The number of rotatable bonds is 6. The van der Waals surface area contributed by atoms with Crippen molar-refractivity contribution in [2.24, 2.45) is 0 Å². The Morgan fingerprint density at radius 1 is 1.17 bits per heavy atom. The maximum atomic E-state index is 14.8. The van der Waals surface area contributed by atoms with Gasteiger partial charge in [0, 0.05) is 5.02 Å². The smallest absolute Gasteiger partial charge is 0.376 e. The lowest BCUT2D eigenvalue weighted by Gasteiger charge is -2.26. The SMILES string of the molecule is [2H]C([2H])(OC1COC1)c1c(-c2c(F)cccc2Cl)noc1-c1cnn(-c2cccc(Cl)c2)c1C(F)(F)F. The van der Waals surface area contributed by atoms with E-state index in [4.69, 9.17) is 39.9 Å². The van der Waals surface area contributed by atoms with Gasteiger partial charge < -0.3 is 14.0 Å². The number of halogens is 6. The van der Waals surface area contributed by atoms with Gasteiger partial charge in [0.05, 0.1) is 56.1 Å². The molecule has 5 rings (SSSR count). The molecule has 0 N–H and O–H groups in total. The van der Waals surface area contributed by atoms with Crippen LogP contribution in [0.1, 0.15) is 14.0 Å². The molecule has 12 heteroatoms. The van der Waals surface area contributed by atoms with Crippen LogP contribution in [0.25, 0.3) is 28.3 Å². The van der Waals surface area contributed by atoms with Crippen molar-refractivity contribution in [1.82, 2.24) is 14.9 Å². The molecule has 4 aromatic rings. The number of ether oxygens (including phenoxy) is 2. The van der Waals surface area contributed by atoms with Gasteiger partial charge in [-0.3, -0.25) is 0 Å². The zero-order valence-corrected chi connectivity index (χ0v) is 19.0. The van der Waals surface area contributed by atoms with E-state index in [1.54, 1.807) is 0 Å². The standard InChI is InChI=1S/C23H15Cl2F4N3O3/c24-12-3-1-4-13(7-12)32-22(23(27,28)29)15(8-30-32)21-16(11-34-14-9-33-10-14)20(31-35-21)19-17(25)5-2-6-18(19)26/h1-8,14H,9-11H2/i11D2. The van der Waals surface area contributed by atoms with Crippen LogP contribution in [0.5, 0.6) is 0 Å². The summed E-state index contributed by atoms with van der Waals surface area (Å²) in [6.45, 7) is -2.65. The summed E-state index contributed by atoms with van der Waals surface area (Å²) >= 11 is 12.1. The number of hydrogen-bond acceptors (Lipinski definition) is 5. The fraction of sp³-hybridized carbons (Fsp3) is 0.217. The van der Waals surface area contributed by atoms with Crippen molar-refractivity contribution >= 4 is 23.2 Å². The lowest BCUT2D eigenvalue weighted by atomic mass is 10.0. The Bertz CT molecular complexity index is 1450. The summed E-state index contributed by atoms with van der Waals surface area (Å²) < 4.78 is 91.6. The number of aromatic nitrogens is 3. The van der Waals surface area contributed by atoms with E-state index in [9.17, 15) is 17.6 Å². The Kier molecular flexibility index (Phi) is 5.66. The molecule has 0 atom stereocenters. The quantitative estimate of drug-likeness (QED) is 0.264. The molecule has 1 aliphatic rings. The molecule has 182 valence electrons. The predicted octanol–water partition coefficient (Wildman–Crippen LogP) is 6.57. The van der Waals surface area contributed by atoms with Crippen LogP contribution < -0.4 is 0 Å². The van der Waals surface area contributed by atoms with Gasteiger partial charge in [0.1, 0.15) is 17.6 Å². The zero-order valence-electron chi connectivity index (χ0n) is 19.4. The van der Waals surface area contributed by atoms with E-state index in [1.807, 2.05) is 0 Å². The molecule has 0 spiro atoms. The van der Waals surface area contributed by atoms with Crippen LogP contribution in [0.4, 0.5) is 17.6 Å². The van der Waals surface area contributed by atoms with E-state index in [2.05, 4.69) is 10.3 Å². The molecule has 1 saturated heterocycles. The van der Waals surface area contributed by atoms with Gasteiger partial charge in [0.2, 0.25) is 0 Å². The molecule has 0 unspecified atom stereocenters. The van der Waals surface area contributed by atoms with E-state index in [1.165, 1.54) is 36.4 Å². The van der Waals surface area contributed by atoms with Crippen molar-refractivity contribution in [3.8, 4) is 28.3 Å². The molecular formula is C23H15Cl2F4N3O3. The van der Waals surface area contributed by atoms with Crippen molar-refractivity contribution in [3.63, 3.8) is 0 Å². The number of alkyl halides is 3. The van der Waals surface area contributed by atoms with Gasteiger partial charge in [-0.2, -0.15) is 18.3 Å². The highest BCUT2D eigenvalue weighted by Crippen LogP contribution is 2.43. The molecule has 0 bridgehead atoms. The average Bonchev–Trinajstić information content (AvgIpc) is 3.41. The highest BCUT2D eigenvalue weighted by Gasteiger charge is 2.41. The van der Waals surface area contributed by atoms with E-state index in [0.29, 0.717) is 4.68 Å². The Morgan fingerprint density at radius 3 is 2.60 bits per heavy atom. The third-order valence-corrected chi connectivity index (χ3v) is 5.71. The molecule has 0 aliphatic carbocycles. The third kappa shape index (κ3) is 4.54. The van der Waals surface area contributed by atoms with Gasteiger partial charge in [0.15, 0.2) is 11.5 Å². The van der Waals surface area contributed by atoms with Crippen molar-refractivity contribution in [2.75, 3.05) is 13.2 Å². The summed E-state index contributed by atoms with van der Waals surface area (Å²) in [5, 5.41) is 7.63. The largest absolute Gasteiger partial charge is 0.434 e. The van der Waals surface area contributed by atoms with Crippen molar-refractivity contribution in [3.05, 3.63) is 75.8 Å². The summed E-state index contributed by atoms with van der Waals surface area (Å²) in [5.74, 6) is -1.54. The first kappa shape index (κ1) is 21.4. The van der Waals surface area contributed by atoms with E-state index in [-0.39, 0.29) is 34.5 Å². The molecule has 1 fully saturated rings. The average molecular weight is 530 g/mol. The van der Waals surface area contributed by atoms with Gasteiger partial charge in [-0.1, -0.05) is 40.5 Å². The number of hydrogen-bond donors (Lipinski definition) is 0. The van der Waals surface area contributed by atoms with Gasteiger partial charge in [-0.15, -0.1) is 0 Å². The topological polar surface area (TPSA) is 62.3 Å². The minimum absolute atomic E-state index is 0.00427. The minimum atomic E-state index is -4.98. The summed E-state index contributed by atoms with van der Waals surface area (Å²) in [6, 6.07) is 9.26. The fourth-order valence-corrected chi connectivity index (χ4v) is 3.92. The van der Waals surface area contributed by atoms with Gasteiger partial charge in [0.25, 0.3) is 0 Å². The van der Waals surface area contributed by atoms with Crippen LogP contribution in [0.2, 0.25) is 10.0 Å². The minimum Gasteiger partial charge on any atom is -0.376 e. The van der Waals surface area contributed by atoms with Crippen LogP contribution in [-0.4, -0.2) is 34.3 Å². The molecule has 0 saturated carbocycles. The molecule has 6 nitrogen and oxygen atoms in total. The molecule has 0 radical (unpaired) electrons. The highest BCUT2D eigenvalue weighted by atomic mass is 35.5. The number of benzene rings is 2. The Labute approximate surface area is 208 Å². The van der Waals surface area contributed by atoms with E-state index >= 15 is 0 Å². The monoisotopic (exact) mass is 529 g/mol. The van der Waals surface area contributed by atoms with Gasteiger partial charge in [-0.25, -0.2) is 9.07 Å². The van der Waals surface area contributed by atoms with Crippen LogP contribution in [0, 0.1) is 5.82 Å². The maximum Gasteiger partial charge on any atom is 0.434 e. The van der Waals surface area contributed by atoms with Gasteiger partial charge >= 0.3 is 6.18 Å². The predicted molar refractivity (Wildman–Crippen MR) is 119 cm³/mol. The van der Waals surface area contributed by atoms with Crippen molar-refractivity contribution < 1.29 is 34.3 Å². The second-order valence-corrected chi connectivity index (χ2v) is 8.35. The maximum absolute atomic E-state index is 14.8. The number of nitrogens with zero attached hydrogens (tertiary/aromatic N) is 3. The van der Waals surface area contributed by atoms with Crippen molar-refractivity contribution in [1.29, 1.82) is 0 Å². The third-order valence-electron chi connectivity index (χ3n) is 5.16. The normalized spacial score (nSPS) is 15.6. The molecule has 3 heterocycles. The lowest BCUT2D eigenvalue weighted by Crippen LogP contribution is -2.35. The Hall–Kier alpha value is -2.92. The summed E-state index contributed by atoms with van der Waals surface area (Å²) in [4.78, 5) is 0. The lowest BCUT2D eigenvalue weighted by molar-refractivity contribution is -0.142. The molecule has 35 heavy (non-hydrogen) atoms. The first-order valence-electron chi connectivity index (χ1n) is 11.1. The molecular weight excluding hydrogens is 513 g/mol.